The molecule has 90 valence electrons. The Morgan fingerprint density at radius 2 is 1.88 bits per heavy atom. The van der Waals surface area contributed by atoms with Gasteiger partial charge in [-0.25, -0.2) is 4.79 Å². The molecule has 1 heterocycles. The van der Waals surface area contributed by atoms with Crippen LogP contribution >= 0.6 is 0 Å². The number of carbonyl (C=O) groups excluding carboxylic acids is 3. The standard InChI is InChI=1S/C9H14N2O4S/c1-9(2)6(12)10-8(14)11(7(9)13)4-5-16(3)15/h4-5H2,1-3H3,(H,10,12,14). The van der Waals surface area contributed by atoms with E-state index in [9.17, 15) is 18.6 Å². The summed E-state index contributed by atoms with van der Waals surface area (Å²) >= 11 is 0. The van der Waals surface area contributed by atoms with Gasteiger partial charge in [-0.15, -0.1) is 0 Å². The minimum atomic E-state index is -1.25. The van der Waals surface area contributed by atoms with Gasteiger partial charge in [0.1, 0.15) is 5.41 Å². The van der Waals surface area contributed by atoms with Gasteiger partial charge in [-0.2, -0.15) is 0 Å². The Bertz CT molecular complexity index is 378. The van der Waals surface area contributed by atoms with E-state index >= 15 is 0 Å². The van der Waals surface area contributed by atoms with Crippen LogP contribution in [0.15, 0.2) is 0 Å². The molecule has 1 unspecified atom stereocenters. The second-order valence-corrected chi connectivity index (χ2v) is 5.67. The second-order valence-electron chi connectivity index (χ2n) is 4.12. The van der Waals surface area contributed by atoms with Crippen LogP contribution < -0.4 is 5.32 Å². The van der Waals surface area contributed by atoms with E-state index in [4.69, 9.17) is 0 Å². The molecule has 16 heavy (non-hydrogen) atoms. The number of hydrogen-bond acceptors (Lipinski definition) is 4. The summed E-state index contributed by atoms with van der Waals surface area (Å²) < 4.78 is 10.9. The van der Waals surface area contributed by atoms with Crippen molar-refractivity contribution in [2.45, 2.75) is 13.8 Å². The molecule has 0 aliphatic carbocycles. The summed E-state index contributed by atoms with van der Waals surface area (Å²) in [6.07, 6.45) is 1.49. The van der Waals surface area contributed by atoms with Crippen LogP contribution in [0.2, 0.25) is 0 Å². The first-order chi connectivity index (χ1) is 7.26. The fraction of sp³-hybridized carbons (Fsp3) is 0.667. The third-order valence-electron chi connectivity index (χ3n) is 2.42. The minimum Gasteiger partial charge on any atom is -0.277 e. The van der Waals surface area contributed by atoms with Crippen molar-refractivity contribution in [3.05, 3.63) is 0 Å². The highest BCUT2D eigenvalue weighted by molar-refractivity contribution is 7.84. The molecule has 0 aromatic heterocycles. The number of hydrogen-bond donors (Lipinski definition) is 1. The normalized spacial score (nSPS) is 21.9. The molecule has 1 aliphatic heterocycles. The van der Waals surface area contributed by atoms with E-state index in [1.54, 1.807) is 0 Å². The van der Waals surface area contributed by atoms with Crippen LogP contribution in [0.4, 0.5) is 4.79 Å². The largest absolute Gasteiger partial charge is 0.330 e. The molecule has 0 radical (unpaired) electrons. The lowest BCUT2D eigenvalue weighted by molar-refractivity contribution is -0.148. The number of urea groups is 1. The lowest BCUT2D eigenvalue weighted by atomic mass is 9.89. The van der Waals surface area contributed by atoms with Gasteiger partial charge in [0.2, 0.25) is 11.8 Å². The van der Waals surface area contributed by atoms with Crippen LogP contribution in [-0.4, -0.2) is 45.5 Å². The van der Waals surface area contributed by atoms with E-state index < -0.39 is 34.1 Å². The summed E-state index contributed by atoms with van der Waals surface area (Å²) in [4.78, 5) is 35.5. The fourth-order valence-corrected chi connectivity index (χ4v) is 1.71. The molecule has 0 spiro atoms. The third kappa shape index (κ3) is 2.29. The van der Waals surface area contributed by atoms with Gasteiger partial charge in [0, 0.05) is 29.4 Å². The molecule has 4 amide bonds. The third-order valence-corrected chi connectivity index (χ3v) is 3.17. The number of imide groups is 2. The number of nitrogens with one attached hydrogen (secondary N) is 1. The second kappa shape index (κ2) is 4.32. The number of barbiturate groups is 1. The molecular weight excluding hydrogens is 232 g/mol. The van der Waals surface area contributed by atoms with Crippen molar-refractivity contribution < 1.29 is 18.6 Å². The molecule has 0 bridgehead atoms. The first-order valence-corrected chi connectivity index (χ1v) is 6.47. The first kappa shape index (κ1) is 12.8. The van der Waals surface area contributed by atoms with E-state index in [0.29, 0.717) is 0 Å². The van der Waals surface area contributed by atoms with Crippen molar-refractivity contribution >= 4 is 28.6 Å². The van der Waals surface area contributed by atoms with Crippen molar-refractivity contribution in [1.29, 1.82) is 0 Å². The molecular formula is C9H14N2O4S. The maximum atomic E-state index is 11.8. The van der Waals surface area contributed by atoms with Gasteiger partial charge in [-0.1, -0.05) is 0 Å². The van der Waals surface area contributed by atoms with Crippen molar-refractivity contribution in [2.24, 2.45) is 5.41 Å². The Hall–Kier alpha value is -1.24. The molecule has 0 aromatic rings. The Morgan fingerprint density at radius 3 is 2.38 bits per heavy atom. The lowest BCUT2D eigenvalue weighted by Crippen LogP contribution is -2.62. The van der Waals surface area contributed by atoms with Gasteiger partial charge in [-0.3, -0.25) is 24.0 Å². The zero-order chi connectivity index (χ0) is 12.5. The van der Waals surface area contributed by atoms with Crippen LogP contribution in [0.1, 0.15) is 13.8 Å². The number of rotatable bonds is 3. The van der Waals surface area contributed by atoms with E-state index in [1.807, 2.05) is 0 Å². The van der Waals surface area contributed by atoms with Crippen LogP contribution in [-0.2, 0) is 20.4 Å². The van der Waals surface area contributed by atoms with Gasteiger partial charge < -0.3 is 0 Å². The summed E-state index contributed by atoms with van der Waals surface area (Å²) in [7, 11) is -1.09. The highest BCUT2D eigenvalue weighted by Crippen LogP contribution is 2.22. The molecule has 1 fully saturated rings. The summed E-state index contributed by atoms with van der Waals surface area (Å²) in [5.74, 6) is -0.938. The molecule has 1 atom stereocenters. The maximum Gasteiger partial charge on any atom is 0.330 e. The molecule has 1 rings (SSSR count). The van der Waals surface area contributed by atoms with E-state index in [1.165, 1.54) is 20.1 Å². The maximum absolute atomic E-state index is 11.8. The van der Waals surface area contributed by atoms with Gasteiger partial charge in [0.05, 0.1) is 0 Å². The Morgan fingerprint density at radius 1 is 1.31 bits per heavy atom. The van der Waals surface area contributed by atoms with Crippen LogP contribution in [0.3, 0.4) is 0 Å². The van der Waals surface area contributed by atoms with Crippen LogP contribution in [0, 0.1) is 5.41 Å². The zero-order valence-electron chi connectivity index (χ0n) is 9.40. The van der Waals surface area contributed by atoms with Gasteiger partial charge in [-0.05, 0) is 13.8 Å². The Kier molecular flexibility index (Phi) is 3.47. The Labute approximate surface area is 95.8 Å². The van der Waals surface area contributed by atoms with Crippen LogP contribution in [0.25, 0.3) is 0 Å². The van der Waals surface area contributed by atoms with Crippen molar-refractivity contribution in [3.8, 4) is 0 Å². The summed E-state index contributed by atoms with van der Waals surface area (Å²) in [6, 6.07) is -0.736. The van der Waals surface area contributed by atoms with Gasteiger partial charge >= 0.3 is 6.03 Å². The van der Waals surface area contributed by atoms with Crippen LogP contribution in [0.5, 0.6) is 0 Å². The average molecular weight is 246 g/mol. The quantitative estimate of drug-likeness (QED) is 0.678. The van der Waals surface area contributed by atoms with Crippen molar-refractivity contribution in [1.82, 2.24) is 10.2 Å². The topological polar surface area (TPSA) is 83.6 Å². The highest BCUT2D eigenvalue weighted by atomic mass is 32.2. The fourth-order valence-electron chi connectivity index (χ4n) is 1.27. The number of amides is 4. The van der Waals surface area contributed by atoms with Crippen molar-refractivity contribution in [3.63, 3.8) is 0 Å². The molecule has 0 saturated carbocycles. The molecule has 7 heteroatoms. The predicted molar refractivity (Wildman–Crippen MR) is 58.0 cm³/mol. The SMILES string of the molecule is CS(=O)CCN1C(=O)NC(=O)C(C)(C)C1=O. The van der Waals surface area contributed by atoms with E-state index in [2.05, 4.69) is 5.32 Å². The van der Waals surface area contributed by atoms with Gasteiger partial charge in [0.15, 0.2) is 0 Å². The summed E-state index contributed by atoms with van der Waals surface area (Å²) in [6.45, 7) is 2.96. The highest BCUT2D eigenvalue weighted by Gasteiger charge is 2.46. The predicted octanol–water partition coefficient (Wildman–Crippen LogP) is -0.531. The molecule has 1 saturated heterocycles. The lowest BCUT2D eigenvalue weighted by Gasteiger charge is -2.34. The van der Waals surface area contributed by atoms with Crippen molar-refractivity contribution in [2.75, 3.05) is 18.6 Å². The van der Waals surface area contributed by atoms with Gasteiger partial charge in [0.25, 0.3) is 0 Å². The monoisotopic (exact) mass is 246 g/mol. The smallest absolute Gasteiger partial charge is 0.277 e. The zero-order valence-corrected chi connectivity index (χ0v) is 10.2. The summed E-state index contributed by atoms with van der Waals surface area (Å²) in [5.41, 5.74) is -1.25. The van der Waals surface area contributed by atoms with E-state index in [-0.39, 0.29) is 12.3 Å². The average Bonchev–Trinajstić information content (AvgIpc) is 2.15. The molecule has 6 nitrogen and oxygen atoms in total. The molecule has 1 N–H and O–H groups in total. The molecule has 1 aliphatic rings. The number of carbonyl (C=O) groups is 3. The first-order valence-electron chi connectivity index (χ1n) is 4.74. The summed E-state index contributed by atoms with van der Waals surface area (Å²) in [5, 5.41) is 2.10. The minimum absolute atomic E-state index is 0.0600. The Balaban J connectivity index is 2.84. The molecule has 0 aromatic carbocycles. The number of nitrogens with zero attached hydrogens (tertiary/aromatic N) is 1. The van der Waals surface area contributed by atoms with E-state index in [0.717, 1.165) is 4.90 Å².